The molecule has 102 valence electrons. The minimum absolute atomic E-state index is 0.138. The zero-order valence-electron chi connectivity index (χ0n) is 10.4. The van der Waals surface area contributed by atoms with Crippen LogP contribution in [0.25, 0.3) is 5.65 Å². The molecule has 0 radical (unpaired) electrons. The zero-order valence-corrected chi connectivity index (χ0v) is 10.4. The van der Waals surface area contributed by atoms with E-state index in [-0.39, 0.29) is 12.4 Å². The molecule has 2 aromatic heterocycles. The molecule has 0 aromatic carbocycles. The van der Waals surface area contributed by atoms with Crippen LogP contribution in [0.2, 0.25) is 0 Å². The fourth-order valence-corrected chi connectivity index (χ4v) is 2.48. The Labute approximate surface area is 108 Å². The fourth-order valence-electron chi connectivity index (χ4n) is 2.48. The van der Waals surface area contributed by atoms with Crippen LogP contribution < -0.4 is 5.73 Å². The zero-order chi connectivity index (χ0) is 13.6. The first kappa shape index (κ1) is 12.3. The van der Waals surface area contributed by atoms with E-state index in [1.54, 1.807) is 13.1 Å². The van der Waals surface area contributed by atoms with Gasteiger partial charge in [-0.2, -0.15) is 5.10 Å². The van der Waals surface area contributed by atoms with Crippen molar-refractivity contribution in [1.82, 2.24) is 19.6 Å². The molecule has 0 bridgehead atoms. The number of fused-ring (bicyclic) bond motifs is 1. The number of hydrogen-bond donors (Lipinski definition) is 3. The van der Waals surface area contributed by atoms with Crippen molar-refractivity contribution in [1.29, 1.82) is 0 Å². The summed E-state index contributed by atoms with van der Waals surface area (Å²) in [6, 6.07) is 0. The third-order valence-corrected chi connectivity index (χ3v) is 3.36. The number of nitrogens with two attached hydrogens (primary N) is 1. The summed E-state index contributed by atoms with van der Waals surface area (Å²) in [4.78, 5) is 7.99. The molecule has 0 aliphatic carbocycles. The number of aliphatic hydroxyl groups is 2. The maximum absolute atomic E-state index is 10.4. The number of anilines is 1. The Morgan fingerprint density at radius 1 is 1.58 bits per heavy atom. The lowest BCUT2D eigenvalue weighted by molar-refractivity contribution is -0.0496. The van der Waals surface area contributed by atoms with E-state index in [4.69, 9.17) is 15.6 Å². The highest BCUT2D eigenvalue weighted by atomic mass is 16.5. The largest absolute Gasteiger partial charge is 0.394 e. The molecule has 1 saturated heterocycles. The number of aliphatic hydroxyl groups excluding tert-OH is 1. The summed E-state index contributed by atoms with van der Waals surface area (Å²) in [5.74, 6) is 0.262. The SMILES string of the molecule is C[C@@]1(O)C[C@@H](CO)O[C@H]1c1cnc2c(N)ncnn12. The minimum atomic E-state index is -1.09. The Bertz CT molecular complexity index is 611. The van der Waals surface area contributed by atoms with Crippen LogP contribution in [0.15, 0.2) is 12.5 Å². The van der Waals surface area contributed by atoms with Gasteiger partial charge < -0.3 is 20.7 Å². The van der Waals surface area contributed by atoms with Crippen LogP contribution in [0, 0.1) is 0 Å². The molecule has 19 heavy (non-hydrogen) atoms. The van der Waals surface area contributed by atoms with Crippen molar-refractivity contribution in [2.45, 2.75) is 31.2 Å². The van der Waals surface area contributed by atoms with Gasteiger partial charge in [-0.05, 0) is 6.92 Å². The number of imidazole rings is 1. The molecule has 8 nitrogen and oxygen atoms in total. The predicted octanol–water partition coefficient (Wildman–Crippen LogP) is -0.720. The second-order valence-electron chi connectivity index (χ2n) is 4.95. The van der Waals surface area contributed by atoms with Crippen LogP contribution in [0.3, 0.4) is 0 Å². The summed E-state index contributed by atoms with van der Waals surface area (Å²) >= 11 is 0. The van der Waals surface area contributed by atoms with Crippen LogP contribution >= 0.6 is 0 Å². The van der Waals surface area contributed by atoms with E-state index >= 15 is 0 Å². The molecular formula is C11H15N5O3. The van der Waals surface area contributed by atoms with Crippen molar-refractivity contribution in [3.8, 4) is 0 Å². The van der Waals surface area contributed by atoms with Gasteiger partial charge in [-0.1, -0.05) is 0 Å². The Morgan fingerprint density at radius 3 is 3.05 bits per heavy atom. The third kappa shape index (κ3) is 1.84. The van der Waals surface area contributed by atoms with Gasteiger partial charge >= 0.3 is 0 Å². The highest BCUT2D eigenvalue weighted by Gasteiger charge is 2.46. The van der Waals surface area contributed by atoms with Gasteiger partial charge in [0.2, 0.25) is 0 Å². The molecule has 1 aliphatic rings. The normalized spacial score (nSPS) is 31.1. The van der Waals surface area contributed by atoms with Crippen molar-refractivity contribution < 1.29 is 14.9 Å². The fraction of sp³-hybridized carbons (Fsp3) is 0.545. The molecular weight excluding hydrogens is 250 g/mol. The number of hydrogen-bond acceptors (Lipinski definition) is 7. The average Bonchev–Trinajstić information content (AvgIpc) is 2.90. The monoisotopic (exact) mass is 265 g/mol. The summed E-state index contributed by atoms with van der Waals surface area (Å²) < 4.78 is 7.16. The highest BCUT2D eigenvalue weighted by molar-refractivity contribution is 5.58. The first-order valence-electron chi connectivity index (χ1n) is 5.96. The van der Waals surface area contributed by atoms with E-state index < -0.39 is 17.8 Å². The smallest absolute Gasteiger partial charge is 0.196 e. The first-order valence-corrected chi connectivity index (χ1v) is 5.96. The Balaban J connectivity index is 2.07. The molecule has 3 atom stereocenters. The number of aromatic nitrogens is 4. The first-order chi connectivity index (χ1) is 9.03. The standard InChI is InChI=1S/C11H15N5O3/c1-11(18)2-6(4-17)19-8(11)7-3-13-10-9(12)14-5-15-16(7)10/h3,5-6,8,17-18H,2,4H2,1H3,(H2,12,14,15)/t6-,8-,11+/m0/s1. The van der Waals surface area contributed by atoms with Gasteiger partial charge in [-0.25, -0.2) is 14.5 Å². The van der Waals surface area contributed by atoms with Crippen molar-refractivity contribution in [2.75, 3.05) is 12.3 Å². The summed E-state index contributed by atoms with van der Waals surface area (Å²) in [6.45, 7) is 1.53. The lowest BCUT2D eigenvalue weighted by Gasteiger charge is -2.22. The number of nitrogens with zero attached hydrogens (tertiary/aromatic N) is 4. The molecule has 4 N–H and O–H groups in total. The summed E-state index contributed by atoms with van der Waals surface area (Å²) in [6.07, 6.45) is 2.21. The van der Waals surface area contributed by atoms with Crippen molar-refractivity contribution >= 4 is 11.5 Å². The van der Waals surface area contributed by atoms with Gasteiger partial charge in [-0.3, -0.25) is 0 Å². The molecule has 0 amide bonds. The van der Waals surface area contributed by atoms with E-state index in [9.17, 15) is 5.11 Å². The maximum Gasteiger partial charge on any atom is 0.196 e. The lowest BCUT2D eigenvalue weighted by atomic mass is 9.94. The van der Waals surface area contributed by atoms with Gasteiger partial charge in [0.05, 0.1) is 30.2 Å². The molecule has 0 unspecified atom stereocenters. The number of rotatable bonds is 2. The maximum atomic E-state index is 10.4. The molecule has 1 aliphatic heterocycles. The molecule has 2 aromatic rings. The second-order valence-corrected chi connectivity index (χ2v) is 4.95. The topological polar surface area (TPSA) is 119 Å². The third-order valence-electron chi connectivity index (χ3n) is 3.36. The Kier molecular flexibility index (Phi) is 2.66. The van der Waals surface area contributed by atoms with Gasteiger partial charge in [0.25, 0.3) is 0 Å². The van der Waals surface area contributed by atoms with Gasteiger partial charge in [0, 0.05) is 6.42 Å². The average molecular weight is 265 g/mol. The molecule has 1 fully saturated rings. The Morgan fingerprint density at radius 2 is 2.37 bits per heavy atom. The summed E-state index contributed by atoms with van der Waals surface area (Å²) in [5.41, 5.74) is 5.63. The molecule has 3 heterocycles. The van der Waals surface area contributed by atoms with Gasteiger partial charge in [0.15, 0.2) is 11.5 Å². The lowest BCUT2D eigenvalue weighted by Crippen LogP contribution is -2.29. The molecule has 0 spiro atoms. The van der Waals surface area contributed by atoms with Crippen molar-refractivity contribution in [3.63, 3.8) is 0 Å². The van der Waals surface area contributed by atoms with E-state index in [1.165, 1.54) is 10.8 Å². The summed E-state index contributed by atoms with van der Waals surface area (Å²) in [5, 5.41) is 23.6. The van der Waals surface area contributed by atoms with Crippen LogP contribution in [0.5, 0.6) is 0 Å². The van der Waals surface area contributed by atoms with Crippen LogP contribution in [-0.2, 0) is 4.74 Å². The van der Waals surface area contributed by atoms with Crippen molar-refractivity contribution in [2.24, 2.45) is 0 Å². The molecule has 3 rings (SSSR count). The quantitative estimate of drug-likeness (QED) is 0.655. The highest BCUT2D eigenvalue weighted by Crippen LogP contribution is 2.41. The van der Waals surface area contributed by atoms with Gasteiger partial charge in [0.1, 0.15) is 12.4 Å². The van der Waals surface area contributed by atoms with E-state index in [0.29, 0.717) is 17.8 Å². The molecule has 0 saturated carbocycles. The van der Waals surface area contributed by atoms with E-state index in [1.807, 2.05) is 0 Å². The predicted molar refractivity (Wildman–Crippen MR) is 65.1 cm³/mol. The van der Waals surface area contributed by atoms with Gasteiger partial charge in [-0.15, -0.1) is 0 Å². The second kappa shape index (κ2) is 4.12. The molecule has 8 heteroatoms. The van der Waals surface area contributed by atoms with Crippen LogP contribution in [0.4, 0.5) is 5.82 Å². The summed E-state index contributed by atoms with van der Waals surface area (Å²) in [7, 11) is 0. The number of ether oxygens (including phenoxy) is 1. The minimum Gasteiger partial charge on any atom is -0.394 e. The van der Waals surface area contributed by atoms with Crippen molar-refractivity contribution in [3.05, 3.63) is 18.2 Å². The Hall–Kier alpha value is -1.77. The number of nitrogen functional groups attached to an aromatic ring is 1. The van der Waals surface area contributed by atoms with E-state index in [2.05, 4.69) is 15.1 Å². The van der Waals surface area contributed by atoms with Crippen LogP contribution in [0.1, 0.15) is 25.1 Å². The van der Waals surface area contributed by atoms with Crippen LogP contribution in [-0.4, -0.2) is 48.1 Å². The van der Waals surface area contributed by atoms with E-state index in [0.717, 1.165) is 0 Å².